The lowest BCUT2D eigenvalue weighted by molar-refractivity contribution is -0.314. The molecule has 0 unspecified atom stereocenters. The van der Waals surface area contributed by atoms with Gasteiger partial charge in [0.25, 0.3) is 11.6 Å². The molecule has 1 aliphatic heterocycles. The van der Waals surface area contributed by atoms with E-state index in [1.165, 1.54) is 12.1 Å². The Kier molecular flexibility index (Phi) is 5.22. The van der Waals surface area contributed by atoms with E-state index in [-0.39, 0.29) is 34.0 Å². The molecule has 0 saturated heterocycles. The Morgan fingerprint density at radius 3 is 2.28 bits per heavy atom. The molecule has 1 aromatic carbocycles. The van der Waals surface area contributed by atoms with E-state index in [1.807, 2.05) is 39.8 Å². The number of fused-ring (bicyclic) bond motifs is 1. The zero-order valence-corrected chi connectivity index (χ0v) is 17.4. The molecule has 1 N–H and O–H groups in total. The highest BCUT2D eigenvalue weighted by Gasteiger charge is 2.69. The molecule has 5 nitrogen and oxygen atoms in total. The summed E-state index contributed by atoms with van der Waals surface area (Å²) in [6.07, 6.45) is -3.86. The molecular formula is C21H28F3N3O2. The molecule has 160 valence electrons. The number of hydrazone groups is 1. The number of halogens is 3. The second kappa shape index (κ2) is 7.00. The van der Waals surface area contributed by atoms with E-state index in [9.17, 15) is 23.1 Å². The van der Waals surface area contributed by atoms with Crippen molar-refractivity contribution in [2.45, 2.75) is 51.9 Å². The summed E-state index contributed by atoms with van der Waals surface area (Å²) in [7, 11) is 3.64. The molecule has 1 aliphatic carbocycles. The molecule has 0 bridgehead atoms. The van der Waals surface area contributed by atoms with Crippen LogP contribution in [0.4, 0.5) is 18.9 Å². The normalized spacial score (nSPS) is 27.5. The van der Waals surface area contributed by atoms with Gasteiger partial charge in [-0.15, -0.1) is 0 Å². The van der Waals surface area contributed by atoms with Gasteiger partial charge in [-0.05, 0) is 54.9 Å². The molecule has 1 fully saturated rings. The van der Waals surface area contributed by atoms with Crippen LogP contribution in [-0.2, 0) is 0 Å². The van der Waals surface area contributed by atoms with Gasteiger partial charge in [-0.1, -0.05) is 20.8 Å². The van der Waals surface area contributed by atoms with Crippen molar-refractivity contribution >= 4 is 17.3 Å². The molecule has 2 aliphatic rings. The van der Waals surface area contributed by atoms with Crippen LogP contribution in [-0.4, -0.2) is 47.7 Å². The van der Waals surface area contributed by atoms with Crippen molar-refractivity contribution in [3.63, 3.8) is 0 Å². The summed E-state index contributed by atoms with van der Waals surface area (Å²) in [5.41, 5.74) is -2.42. The fourth-order valence-corrected chi connectivity index (χ4v) is 4.23. The first-order valence-corrected chi connectivity index (χ1v) is 9.75. The average Bonchev–Trinajstić information content (AvgIpc) is 2.94. The van der Waals surface area contributed by atoms with Gasteiger partial charge in [-0.25, -0.2) is 0 Å². The molecule has 1 saturated carbocycles. The highest BCUT2D eigenvalue weighted by Crippen LogP contribution is 2.52. The highest BCUT2D eigenvalue weighted by molar-refractivity contribution is 5.99. The molecule has 8 heteroatoms. The molecule has 29 heavy (non-hydrogen) atoms. The quantitative estimate of drug-likeness (QED) is 0.790. The van der Waals surface area contributed by atoms with Gasteiger partial charge in [0.05, 0.1) is 5.92 Å². The number of amides is 1. The topological polar surface area (TPSA) is 56.1 Å². The summed E-state index contributed by atoms with van der Waals surface area (Å²) >= 11 is 0. The average molecular weight is 411 g/mol. The van der Waals surface area contributed by atoms with Gasteiger partial charge in [0.2, 0.25) is 0 Å². The number of hydrogen-bond donors (Lipinski definition) is 1. The Hall–Kier alpha value is -2.09. The van der Waals surface area contributed by atoms with Crippen molar-refractivity contribution in [2.24, 2.45) is 22.4 Å². The van der Waals surface area contributed by atoms with Crippen molar-refractivity contribution in [3.8, 4) is 0 Å². The number of benzene rings is 1. The predicted octanol–water partition coefficient (Wildman–Crippen LogP) is 4.28. The van der Waals surface area contributed by atoms with E-state index in [0.717, 1.165) is 5.69 Å². The van der Waals surface area contributed by atoms with Gasteiger partial charge in [0.1, 0.15) is 0 Å². The third-order valence-corrected chi connectivity index (χ3v) is 6.17. The van der Waals surface area contributed by atoms with E-state index in [0.29, 0.717) is 12.8 Å². The minimum atomic E-state index is -5.03. The summed E-state index contributed by atoms with van der Waals surface area (Å²) in [5.74, 6) is -2.20. The van der Waals surface area contributed by atoms with Gasteiger partial charge in [-0.3, -0.25) is 4.79 Å². The number of aliphatic hydroxyl groups is 1. The molecule has 3 atom stereocenters. The van der Waals surface area contributed by atoms with Gasteiger partial charge in [0.15, 0.2) is 0 Å². The van der Waals surface area contributed by atoms with E-state index in [4.69, 9.17) is 0 Å². The molecule has 1 heterocycles. The highest BCUT2D eigenvalue weighted by atomic mass is 19.4. The van der Waals surface area contributed by atoms with Gasteiger partial charge in [0, 0.05) is 31.1 Å². The van der Waals surface area contributed by atoms with Crippen LogP contribution in [0.25, 0.3) is 0 Å². The van der Waals surface area contributed by atoms with Crippen LogP contribution in [0, 0.1) is 17.3 Å². The number of hydrogen-bond acceptors (Lipinski definition) is 4. The van der Waals surface area contributed by atoms with Gasteiger partial charge < -0.3 is 10.0 Å². The number of carbonyl (C=O) groups is 1. The molecule has 0 aromatic heterocycles. The molecular weight excluding hydrogens is 383 g/mol. The summed E-state index contributed by atoms with van der Waals surface area (Å²) in [4.78, 5) is 14.8. The maximum Gasteiger partial charge on any atom is 0.439 e. The van der Waals surface area contributed by atoms with Crippen molar-refractivity contribution < 1.29 is 23.1 Å². The Labute approximate surface area is 169 Å². The molecule has 1 amide bonds. The maximum atomic E-state index is 14.1. The third-order valence-electron chi connectivity index (χ3n) is 6.17. The number of rotatable bonds is 2. The van der Waals surface area contributed by atoms with Crippen LogP contribution in [0.2, 0.25) is 0 Å². The van der Waals surface area contributed by atoms with Crippen molar-refractivity contribution in [1.29, 1.82) is 0 Å². The first-order chi connectivity index (χ1) is 13.3. The van der Waals surface area contributed by atoms with Crippen molar-refractivity contribution in [1.82, 2.24) is 5.01 Å². The lowest BCUT2D eigenvalue weighted by atomic mass is 9.66. The second-order valence-corrected chi connectivity index (χ2v) is 9.26. The van der Waals surface area contributed by atoms with E-state index >= 15 is 0 Å². The first-order valence-electron chi connectivity index (χ1n) is 9.75. The van der Waals surface area contributed by atoms with Crippen LogP contribution >= 0.6 is 0 Å². The SMILES string of the molecule is CN(C)c1ccc(C(=O)N2N=C3CC[C@H](C(C)(C)C)C[C@@H]3[C@@]2(O)C(F)(F)F)cc1. The Morgan fingerprint density at radius 2 is 1.79 bits per heavy atom. The fraction of sp³-hybridized carbons (Fsp3) is 0.619. The third kappa shape index (κ3) is 3.63. The minimum Gasteiger partial charge on any atom is -0.378 e. The Bertz CT molecular complexity index is 812. The molecule has 0 radical (unpaired) electrons. The summed E-state index contributed by atoms with van der Waals surface area (Å²) < 4.78 is 42.3. The van der Waals surface area contributed by atoms with Crippen molar-refractivity contribution in [3.05, 3.63) is 29.8 Å². The minimum absolute atomic E-state index is 0.00486. The molecule has 0 spiro atoms. The first kappa shape index (κ1) is 21.6. The van der Waals surface area contributed by atoms with Crippen LogP contribution in [0.1, 0.15) is 50.4 Å². The van der Waals surface area contributed by atoms with E-state index in [2.05, 4.69) is 5.10 Å². The molecule has 1 aromatic rings. The predicted molar refractivity (Wildman–Crippen MR) is 106 cm³/mol. The standard InChI is InChI=1S/C21H28F3N3O2/c1-19(2,3)14-8-11-17-16(12-14)20(29,21(22,23)24)27(25-17)18(28)13-6-9-15(10-7-13)26(4)5/h6-7,9-10,14,16,29H,8,11-12H2,1-5H3/t14-,16-,20+/m0/s1. The largest absolute Gasteiger partial charge is 0.439 e. The Balaban J connectivity index is 1.98. The lowest BCUT2D eigenvalue weighted by Gasteiger charge is -2.42. The maximum absolute atomic E-state index is 14.1. The number of alkyl halides is 3. The number of carbonyl (C=O) groups excluding carboxylic acids is 1. The lowest BCUT2D eigenvalue weighted by Crippen LogP contribution is -2.62. The van der Waals surface area contributed by atoms with Gasteiger partial charge >= 0.3 is 6.18 Å². The van der Waals surface area contributed by atoms with Crippen LogP contribution in [0.15, 0.2) is 29.4 Å². The smallest absolute Gasteiger partial charge is 0.378 e. The summed E-state index contributed by atoms with van der Waals surface area (Å²) in [6, 6.07) is 6.20. The fourth-order valence-electron chi connectivity index (χ4n) is 4.23. The van der Waals surface area contributed by atoms with Crippen molar-refractivity contribution in [2.75, 3.05) is 19.0 Å². The number of nitrogens with zero attached hydrogens (tertiary/aromatic N) is 3. The summed E-state index contributed by atoms with van der Waals surface area (Å²) in [5, 5.41) is 15.2. The van der Waals surface area contributed by atoms with Gasteiger partial charge in [-0.2, -0.15) is 23.3 Å². The van der Waals surface area contributed by atoms with E-state index in [1.54, 1.807) is 12.1 Å². The molecule has 3 rings (SSSR count). The zero-order chi connectivity index (χ0) is 21.8. The van der Waals surface area contributed by atoms with E-state index < -0.39 is 23.7 Å². The Morgan fingerprint density at radius 1 is 1.21 bits per heavy atom. The van der Waals surface area contributed by atoms with Crippen LogP contribution in [0.3, 0.4) is 0 Å². The van der Waals surface area contributed by atoms with Crippen LogP contribution in [0.5, 0.6) is 0 Å². The zero-order valence-electron chi connectivity index (χ0n) is 17.4. The van der Waals surface area contributed by atoms with Crippen LogP contribution < -0.4 is 4.90 Å². The summed E-state index contributed by atoms with van der Waals surface area (Å²) in [6.45, 7) is 5.95. The monoisotopic (exact) mass is 411 g/mol. The second-order valence-electron chi connectivity index (χ2n) is 9.26. The number of anilines is 1.